The van der Waals surface area contributed by atoms with Crippen molar-refractivity contribution in [2.75, 3.05) is 0 Å². The van der Waals surface area contributed by atoms with Gasteiger partial charge < -0.3 is 10.0 Å². The van der Waals surface area contributed by atoms with Crippen LogP contribution in [0.4, 0.5) is 0 Å². The number of nitrogens with zero attached hydrogens (tertiary/aromatic N) is 4. The number of amides is 1. The number of hydrogen-bond donors (Lipinski definition) is 2. The maximum absolute atomic E-state index is 12.9. The molecule has 2 N–H and O–H groups in total. The SMILES string of the molecule is CCCCC(=O)N(Cc1ccc(-c2ccccc2-c2nnn[nH]2)cc1)C(C(=O)O)C(C)C.[CaH2].[NaH]. The number of carbonyl (C=O) groups is 2. The Balaban J connectivity index is 0.00000289. The molecule has 0 fully saturated rings. The summed E-state index contributed by atoms with van der Waals surface area (Å²) in [5, 5.41) is 23.9. The summed E-state index contributed by atoms with van der Waals surface area (Å²) < 4.78 is 0. The minimum absolute atomic E-state index is 0. The summed E-state index contributed by atoms with van der Waals surface area (Å²) in [5.41, 5.74) is 3.71. The van der Waals surface area contributed by atoms with Gasteiger partial charge in [-0.2, -0.15) is 0 Å². The number of rotatable bonds is 10. The van der Waals surface area contributed by atoms with Crippen LogP contribution in [0.25, 0.3) is 22.5 Å². The number of carboxylic acid groups (broad SMARTS) is 1. The predicted molar refractivity (Wildman–Crippen MR) is 137 cm³/mol. The third-order valence-corrected chi connectivity index (χ3v) is 5.43. The van der Waals surface area contributed by atoms with E-state index in [1.54, 1.807) is 0 Å². The third kappa shape index (κ3) is 7.86. The molecule has 34 heavy (non-hydrogen) atoms. The van der Waals surface area contributed by atoms with E-state index in [1.807, 2.05) is 69.3 Å². The van der Waals surface area contributed by atoms with Crippen LogP contribution in [0.1, 0.15) is 45.6 Å². The minimum atomic E-state index is -0.976. The molecule has 0 radical (unpaired) electrons. The zero-order valence-corrected chi connectivity index (χ0v) is 18.7. The van der Waals surface area contributed by atoms with E-state index in [0.29, 0.717) is 12.2 Å². The van der Waals surface area contributed by atoms with E-state index in [4.69, 9.17) is 0 Å². The van der Waals surface area contributed by atoms with Gasteiger partial charge in [0.05, 0.1) is 0 Å². The molecule has 0 aliphatic heterocycles. The molecule has 174 valence electrons. The van der Waals surface area contributed by atoms with E-state index < -0.39 is 12.0 Å². The molecule has 0 saturated carbocycles. The van der Waals surface area contributed by atoms with Crippen LogP contribution in [0, 0.1) is 5.92 Å². The van der Waals surface area contributed by atoms with Gasteiger partial charge in [-0.25, -0.2) is 9.89 Å². The third-order valence-electron chi connectivity index (χ3n) is 5.43. The van der Waals surface area contributed by atoms with Gasteiger partial charge in [0.2, 0.25) is 5.91 Å². The second-order valence-corrected chi connectivity index (χ2v) is 8.14. The monoisotopic (exact) mass is 501 g/mol. The average Bonchev–Trinajstić information content (AvgIpc) is 3.32. The van der Waals surface area contributed by atoms with E-state index in [2.05, 4.69) is 20.6 Å². The topological polar surface area (TPSA) is 112 Å². The molecule has 1 atom stereocenters. The van der Waals surface area contributed by atoms with E-state index >= 15 is 0 Å². The van der Waals surface area contributed by atoms with E-state index in [9.17, 15) is 14.7 Å². The maximum atomic E-state index is 12.9. The number of aromatic amines is 1. The average molecular weight is 502 g/mol. The zero-order chi connectivity index (χ0) is 23.1. The Labute approximate surface area is 252 Å². The summed E-state index contributed by atoms with van der Waals surface area (Å²) in [4.78, 5) is 26.3. The first-order valence-corrected chi connectivity index (χ1v) is 10.9. The van der Waals surface area contributed by atoms with Gasteiger partial charge in [0, 0.05) is 18.5 Å². The van der Waals surface area contributed by atoms with Gasteiger partial charge in [-0.3, -0.25) is 4.79 Å². The summed E-state index contributed by atoms with van der Waals surface area (Å²) in [6.07, 6.45) is 1.98. The van der Waals surface area contributed by atoms with Crippen LogP contribution in [-0.2, 0) is 16.1 Å². The van der Waals surface area contributed by atoms with Crippen LogP contribution in [0.3, 0.4) is 0 Å². The number of aliphatic carboxylic acids is 1. The van der Waals surface area contributed by atoms with Crippen molar-refractivity contribution < 1.29 is 14.7 Å². The molecule has 1 heterocycles. The number of nitrogens with one attached hydrogen (secondary N) is 1. The number of carbonyl (C=O) groups excluding carboxylic acids is 1. The molecule has 1 amide bonds. The molecule has 0 bridgehead atoms. The molecule has 0 aliphatic carbocycles. The fourth-order valence-corrected chi connectivity index (χ4v) is 3.79. The Morgan fingerprint density at radius 2 is 1.71 bits per heavy atom. The zero-order valence-electron chi connectivity index (χ0n) is 18.7. The Morgan fingerprint density at radius 1 is 1.06 bits per heavy atom. The number of H-pyrrole nitrogens is 1. The van der Waals surface area contributed by atoms with Crippen molar-refractivity contribution in [3.8, 4) is 22.5 Å². The summed E-state index contributed by atoms with van der Waals surface area (Å²) >= 11 is 0. The van der Waals surface area contributed by atoms with Crippen molar-refractivity contribution in [3.63, 3.8) is 0 Å². The van der Waals surface area contributed by atoms with E-state index in [0.717, 1.165) is 35.1 Å². The number of benzene rings is 2. The van der Waals surface area contributed by atoms with Crippen molar-refractivity contribution in [2.45, 2.75) is 52.6 Å². The molecule has 3 rings (SSSR count). The number of unbranched alkanes of at least 4 members (excludes halogenated alkanes) is 1. The first-order chi connectivity index (χ1) is 15.4. The standard InChI is InChI=1S/C24H29N5O3.Ca.Na.3H/c1-4-5-10-21(30)29(22(16(2)3)24(31)32)15-17-11-13-18(14-12-17)19-8-6-7-9-20(19)23-25-27-28-26-23;;;;;/h6-9,11-14,16,22H,4-5,10,15H2,1-3H3,(H,31,32)(H,25,26,27,28);;;;;. The van der Waals surface area contributed by atoms with Crippen molar-refractivity contribution >= 4 is 79.2 Å². The van der Waals surface area contributed by atoms with Gasteiger partial charge in [-0.05, 0) is 39.5 Å². The Bertz CT molecular complexity index is 1050. The van der Waals surface area contributed by atoms with Gasteiger partial charge in [0.1, 0.15) is 6.04 Å². The van der Waals surface area contributed by atoms with Crippen LogP contribution in [0.15, 0.2) is 48.5 Å². The molecule has 2 aromatic carbocycles. The van der Waals surface area contributed by atoms with Crippen LogP contribution in [-0.4, -0.2) is 116 Å². The van der Waals surface area contributed by atoms with Crippen molar-refractivity contribution in [3.05, 3.63) is 54.1 Å². The molecule has 3 aromatic rings. The van der Waals surface area contributed by atoms with Gasteiger partial charge in [-0.15, -0.1) is 5.10 Å². The summed E-state index contributed by atoms with van der Waals surface area (Å²) in [6, 6.07) is 14.8. The Kier molecular flexibility index (Phi) is 13.5. The molecule has 0 spiro atoms. The molecule has 8 nitrogen and oxygen atoms in total. The van der Waals surface area contributed by atoms with Crippen molar-refractivity contribution in [1.82, 2.24) is 25.5 Å². The van der Waals surface area contributed by atoms with Gasteiger partial charge in [-0.1, -0.05) is 75.7 Å². The number of aromatic nitrogens is 4. The Morgan fingerprint density at radius 3 is 2.24 bits per heavy atom. The van der Waals surface area contributed by atoms with Crippen LogP contribution < -0.4 is 0 Å². The van der Waals surface area contributed by atoms with E-state index in [1.165, 1.54) is 4.90 Å². The first-order valence-electron chi connectivity index (χ1n) is 10.9. The second-order valence-electron chi connectivity index (χ2n) is 8.14. The fourth-order valence-electron chi connectivity index (χ4n) is 3.79. The van der Waals surface area contributed by atoms with Gasteiger partial charge in [0.15, 0.2) is 5.82 Å². The first kappa shape index (κ1) is 30.7. The molecule has 0 saturated heterocycles. The molecular weight excluding hydrogens is 469 g/mol. The number of carboxylic acids is 1. The molecule has 1 unspecified atom stereocenters. The van der Waals surface area contributed by atoms with E-state index in [-0.39, 0.29) is 85.7 Å². The molecular formula is C24H32CaN5NaO3. The summed E-state index contributed by atoms with van der Waals surface area (Å²) in [7, 11) is 0. The molecule has 0 aliphatic rings. The number of tetrazole rings is 1. The van der Waals surface area contributed by atoms with Crippen LogP contribution in [0.5, 0.6) is 0 Å². The predicted octanol–water partition coefficient (Wildman–Crippen LogP) is 2.60. The van der Waals surface area contributed by atoms with Crippen molar-refractivity contribution in [2.24, 2.45) is 5.92 Å². The number of hydrogen-bond acceptors (Lipinski definition) is 5. The summed E-state index contributed by atoms with van der Waals surface area (Å²) in [6.45, 7) is 5.93. The Hall–Kier alpha value is -1.29. The fraction of sp³-hybridized carbons (Fsp3) is 0.375. The normalized spacial score (nSPS) is 11.3. The second kappa shape index (κ2) is 15.0. The molecule has 10 heteroatoms. The van der Waals surface area contributed by atoms with Crippen LogP contribution >= 0.6 is 0 Å². The quantitative estimate of drug-likeness (QED) is 0.413. The van der Waals surface area contributed by atoms with Gasteiger partial charge in [0.25, 0.3) is 0 Å². The summed E-state index contributed by atoms with van der Waals surface area (Å²) in [5.74, 6) is -0.713. The van der Waals surface area contributed by atoms with Gasteiger partial charge >= 0.3 is 73.3 Å². The van der Waals surface area contributed by atoms with Crippen molar-refractivity contribution in [1.29, 1.82) is 0 Å². The molecule has 1 aromatic heterocycles. The van der Waals surface area contributed by atoms with Crippen LogP contribution in [0.2, 0.25) is 0 Å².